The Kier molecular flexibility index (Phi) is 5.18. The lowest BCUT2D eigenvalue weighted by atomic mass is 10.3. The molecule has 1 amide bonds. The van der Waals surface area contributed by atoms with Crippen LogP contribution in [0.15, 0.2) is 38.8 Å². The molecule has 0 aliphatic rings. The predicted molar refractivity (Wildman–Crippen MR) is 100 cm³/mol. The van der Waals surface area contributed by atoms with Crippen molar-refractivity contribution in [2.45, 2.75) is 31.7 Å². The summed E-state index contributed by atoms with van der Waals surface area (Å²) in [6, 6.07) is 6.72. The Morgan fingerprint density at radius 1 is 1.33 bits per heavy atom. The van der Waals surface area contributed by atoms with Crippen molar-refractivity contribution in [3.05, 3.63) is 40.5 Å². The summed E-state index contributed by atoms with van der Waals surface area (Å²) in [5, 5.41) is 7.73. The Morgan fingerprint density at radius 3 is 2.67 bits per heavy atom. The van der Waals surface area contributed by atoms with E-state index in [9.17, 15) is 13.2 Å². The summed E-state index contributed by atoms with van der Waals surface area (Å²) in [6.07, 6.45) is 0. The number of rotatable bonds is 5. The highest BCUT2D eigenvalue weighted by molar-refractivity contribution is 7.89. The van der Waals surface area contributed by atoms with Crippen molar-refractivity contribution in [1.29, 1.82) is 0 Å². The van der Waals surface area contributed by atoms with Crippen LogP contribution in [-0.2, 0) is 21.9 Å². The third kappa shape index (κ3) is 3.80. The largest absolute Gasteiger partial charge is 0.360 e. The number of amides is 1. The first kappa shape index (κ1) is 19.3. The number of hydrogen-bond acceptors (Lipinski definition) is 7. The van der Waals surface area contributed by atoms with Crippen molar-refractivity contribution in [1.82, 2.24) is 19.9 Å². The first-order valence-electron chi connectivity index (χ1n) is 8.04. The van der Waals surface area contributed by atoms with E-state index >= 15 is 0 Å². The predicted octanol–water partition coefficient (Wildman–Crippen LogP) is 1.14. The second kappa shape index (κ2) is 7.25. The lowest BCUT2D eigenvalue weighted by Crippen LogP contribution is -2.44. The van der Waals surface area contributed by atoms with E-state index in [1.165, 1.54) is 32.1 Å². The highest BCUT2D eigenvalue weighted by Gasteiger charge is 2.28. The molecule has 9 nitrogen and oxygen atoms in total. The molecule has 0 saturated heterocycles. The Balaban J connectivity index is 1.77. The number of carbonyl (C=O) groups excluding carboxylic acids is 1. The second-order valence-electron chi connectivity index (χ2n) is 6.00. The maximum absolute atomic E-state index is 12.5. The van der Waals surface area contributed by atoms with Gasteiger partial charge in [-0.05, 0) is 32.9 Å². The summed E-state index contributed by atoms with van der Waals surface area (Å²) in [7, 11) is -2.10. The highest BCUT2D eigenvalue weighted by atomic mass is 32.2. The van der Waals surface area contributed by atoms with Gasteiger partial charge in [0, 0.05) is 7.05 Å². The molecule has 2 aromatic heterocycles. The van der Waals surface area contributed by atoms with E-state index in [4.69, 9.17) is 4.52 Å². The van der Waals surface area contributed by atoms with Gasteiger partial charge in [0.25, 0.3) is 5.91 Å². The minimum atomic E-state index is -3.95. The van der Waals surface area contributed by atoms with Crippen LogP contribution in [0.1, 0.15) is 18.4 Å². The maximum Gasteiger partial charge on any atom is 0.258 e. The number of carbonyl (C=O) groups is 1. The molecule has 144 valence electrons. The average Bonchev–Trinajstić information content (AvgIpc) is 3.12. The number of thiazole rings is 1. The van der Waals surface area contributed by atoms with Gasteiger partial charge in [0.1, 0.15) is 10.6 Å². The molecule has 27 heavy (non-hydrogen) atoms. The van der Waals surface area contributed by atoms with E-state index in [0.717, 1.165) is 10.2 Å². The molecule has 2 N–H and O–H groups in total. The fourth-order valence-electron chi connectivity index (χ4n) is 2.59. The fourth-order valence-corrected chi connectivity index (χ4v) is 5.10. The minimum Gasteiger partial charge on any atom is -0.360 e. The molecule has 0 unspecified atom stereocenters. The molecule has 0 spiro atoms. The summed E-state index contributed by atoms with van der Waals surface area (Å²) in [4.78, 5) is 12.8. The molecule has 0 fully saturated rings. The van der Waals surface area contributed by atoms with Gasteiger partial charge in [0.2, 0.25) is 14.8 Å². The molecule has 0 saturated carbocycles. The summed E-state index contributed by atoms with van der Waals surface area (Å²) in [5.74, 6) is -0.419. The van der Waals surface area contributed by atoms with Gasteiger partial charge in [-0.1, -0.05) is 28.6 Å². The molecule has 2 heterocycles. The second-order valence-corrected chi connectivity index (χ2v) is 8.66. The Morgan fingerprint density at radius 2 is 2.04 bits per heavy atom. The van der Waals surface area contributed by atoms with E-state index in [0.29, 0.717) is 4.80 Å². The molecule has 0 aliphatic heterocycles. The monoisotopic (exact) mass is 409 g/mol. The van der Waals surface area contributed by atoms with Gasteiger partial charge in [0.15, 0.2) is 5.76 Å². The summed E-state index contributed by atoms with van der Waals surface area (Å²) in [5.41, 5.74) is 3.63. The van der Waals surface area contributed by atoms with Crippen LogP contribution in [-0.4, -0.2) is 30.1 Å². The van der Waals surface area contributed by atoms with Gasteiger partial charge in [-0.2, -0.15) is 4.72 Å². The summed E-state index contributed by atoms with van der Waals surface area (Å²) in [6.45, 7) is 4.45. The molecule has 0 radical (unpaired) electrons. The Labute approximate surface area is 159 Å². The number of para-hydroxylation sites is 1. The van der Waals surface area contributed by atoms with Crippen LogP contribution >= 0.6 is 11.3 Å². The third-order valence-corrected chi connectivity index (χ3v) is 6.84. The summed E-state index contributed by atoms with van der Waals surface area (Å²) < 4.78 is 35.0. The quantitative estimate of drug-likeness (QED) is 0.613. The van der Waals surface area contributed by atoms with E-state index < -0.39 is 22.0 Å². The molecule has 1 atom stereocenters. The molecular formula is C16H19N5O4S2. The average molecular weight is 409 g/mol. The van der Waals surface area contributed by atoms with Crippen molar-refractivity contribution in [2.75, 3.05) is 0 Å². The third-order valence-electron chi connectivity index (χ3n) is 3.94. The van der Waals surface area contributed by atoms with Crippen LogP contribution < -0.4 is 14.9 Å². The molecule has 0 bridgehead atoms. The minimum absolute atomic E-state index is 0.0602. The number of fused-ring (bicyclic) bond motifs is 1. The number of aryl methyl sites for hydroxylation is 3. The van der Waals surface area contributed by atoms with Crippen LogP contribution in [0, 0.1) is 13.8 Å². The lowest BCUT2D eigenvalue weighted by Gasteiger charge is -2.12. The van der Waals surface area contributed by atoms with Crippen molar-refractivity contribution in [3.8, 4) is 0 Å². The van der Waals surface area contributed by atoms with Crippen molar-refractivity contribution in [3.63, 3.8) is 0 Å². The number of nitrogens with one attached hydrogen (secondary N) is 2. The SMILES string of the molecule is Cc1noc(C)c1S(=O)(=O)N[C@@H](C)C(=O)N/N=c1\sc2ccccc2n1C. The topological polar surface area (TPSA) is 119 Å². The summed E-state index contributed by atoms with van der Waals surface area (Å²) >= 11 is 1.41. The first-order valence-corrected chi connectivity index (χ1v) is 10.3. The zero-order valence-electron chi connectivity index (χ0n) is 15.2. The standard InChI is InChI=1S/C16H19N5O4S2/c1-9-14(11(3)25-19-9)27(23,24)20-10(2)15(22)17-18-16-21(4)12-7-5-6-8-13(12)26-16/h5-8,10,20H,1-4H3,(H,17,22)/b18-16-/t10-/m0/s1. The van der Waals surface area contributed by atoms with E-state index in [1.54, 1.807) is 0 Å². The van der Waals surface area contributed by atoms with Crippen LogP contribution in [0.4, 0.5) is 0 Å². The Bertz CT molecular complexity index is 1150. The van der Waals surface area contributed by atoms with Crippen LogP contribution in [0.5, 0.6) is 0 Å². The molecular weight excluding hydrogens is 390 g/mol. The van der Waals surface area contributed by atoms with Gasteiger partial charge < -0.3 is 9.09 Å². The fraction of sp³-hybridized carbons (Fsp3) is 0.312. The van der Waals surface area contributed by atoms with E-state index in [-0.39, 0.29) is 16.3 Å². The molecule has 3 rings (SSSR count). The van der Waals surface area contributed by atoms with Crippen LogP contribution in [0.2, 0.25) is 0 Å². The zero-order valence-corrected chi connectivity index (χ0v) is 16.8. The van der Waals surface area contributed by atoms with Gasteiger partial charge >= 0.3 is 0 Å². The molecule has 0 aliphatic carbocycles. The molecule has 3 aromatic rings. The number of nitrogens with zero attached hydrogens (tertiary/aromatic N) is 3. The van der Waals surface area contributed by atoms with Gasteiger partial charge in [-0.15, -0.1) is 5.10 Å². The lowest BCUT2D eigenvalue weighted by molar-refractivity contribution is -0.122. The van der Waals surface area contributed by atoms with E-state index in [1.807, 2.05) is 35.9 Å². The van der Waals surface area contributed by atoms with Crippen molar-refractivity contribution >= 4 is 37.5 Å². The number of aromatic nitrogens is 2. The van der Waals surface area contributed by atoms with Crippen molar-refractivity contribution < 1.29 is 17.7 Å². The van der Waals surface area contributed by atoms with Crippen molar-refractivity contribution in [2.24, 2.45) is 12.1 Å². The van der Waals surface area contributed by atoms with Crippen LogP contribution in [0.25, 0.3) is 10.2 Å². The zero-order chi connectivity index (χ0) is 19.8. The number of sulfonamides is 1. The molecule has 11 heteroatoms. The Hall–Kier alpha value is -2.50. The normalized spacial score (nSPS) is 13.9. The first-order chi connectivity index (χ1) is 12.7. The van der Waals surface area contributed by atoms with Gasteiger partial charge in [0.05, 0.1) is 16.3 Å². The van der Waals surface area contributed by atoms with Gasteiger partial charge in [-0.25, -0.2) is 13.8 Å². The van der Waals surface area contributed by atoms with E-state index in [2.05, 4.69) is 20.4 Å². The van der Waals surface area contributed by atoms with Crippen LogP contribution in [0.3, 0.4) is 0 Å². The number of hydrogen-bond donors (Lipinski definition) is 2. The highest BCUT2D eigenvalue weighted by Crippen LogP contribution is 2.19. The number of benzene rings is 1. The molecule has 1 aromatic carbocycles. The van der Waals surface area contributed by atoms with Gasteiger partial charge in [-0.3, -0.25) is 4.79 Å². The maximum atomic E-state index is 12.5. The smallest absolute Gasteiger partial charge is 0.258 e.